The van der Waals surface area contributed by atoms with E-state index in [1.165, 1.54) is 4.57 Å². The van der Waals surface area contributed by atoms with E-state index in [2.05, 4.69) is 0 Å². The molecule has 1 amide bonds. The number of aryl methyl sites for hydroxylation is 1. The number of hydrogen-bond acceptors (Lipinski definition) is 6. The maximum atomic E-state index is 12.2. The van der Waals surface area contributed by atoms with Crippen LogP contribution in [-0.2, 0) is 25.6 Å². The summed E-state index contributed by atoms with van der Waals surface area (Å²) in [5.74, 6) is -1.30. The molecule has 0 saturated carbocycles. The molecule has 0 radical (unpaired) electrons. The van der Waals surface area contributed by atoms with Gasteiger partial charge in [-0.1, -0.05) is 12.1 Å². The van der Waals surface area contributed by atoms with Crippen molar-refractivity contribution >= 4 is 23.0 Å². The van der Waals surface area contributed by atoms with Crippen molar-refractivity contribution in [3.63, 3.8) is 0 Å². The van der Waals surface area contributed by atoms with Crippen molar-refractivity contribution in [2.24, 2.45) is 0 Å². The maximum Gasteiger partial charge on any atom is 0.419 e. The topological polar surface area (TPSA) is 91.0 Å². The molecule has 1 aliphatic heterocycles. The first-order valence-corrected chi connectivity index (χ1v) is 8.61. The highest BCUT2D eigenvalue weighted by molar-refractivity contribution is 5.81. The molecule has 1 fully saturated rings. The minimum absolute atomic E-state index is 0.0212. The fourth-order valence-corrected chi connectivity index (χ4v) is 3.12. The molecule has 1 aromatic heterocycles. The van der Waals surface area contributed by atoms with Crippen LogP contribution in [-0.4, -0.2) is 53.2 Å². The van der Waals surface area contributed by atoms with Crippen LogP contribution in [0.25, 0.3) is 11.1 Å². The third-order valence-corrected chi connectivity index (χ3v) is 4.24. The minimum atomic E-state index is -0.537. The highest BCUT2D eigenvalue weighted by Crippen LogP contribution is 2.13. The lowest BCUT2D eigenvalue weighted by Crippen LogP contribution is -2.49. The van der Waals surface area contributed by atoms with Gasteiger partial charge in [0, 0.05) is 19.6 Å². The average Bonchev–Trinajstić information content (AvgIpc) is 2.92. The third kappa shape index (κ3) is 4.13. The molecule has 8 heteroatoms. The Balaban J connectivity index is 1.50. The second kappa shape index (κ2) is 7.74. The highest BCUT2D eigenvalue weighted by atomic mass is 16.5. The van der Waals surface area contributed by atoms with Crippen molar-refractivity contribution < 1.29 is 23.5 Å². The minimum Gasteiger partial charge on any atom is -0.456 e. The van der Waals surface area contributed by atoms with E-state index in [1.54, 1.807) is 29.2 Å². The van der Waals surface area contributed by atoms with Crippen molar-refractivity contribution in [2.75, 3.05) is 19.7 Å². The first kappa shape index (κ1) is 18.2. The summed E-state index contributed by atoms with van der Waals surface area (Å²) < 4.78 is 17.1. The van der Waals surface area contributed by atoms with Crippen LogP contribution in [0.2, 0.25) is 0 Å². The van der Waals surface area contributed by atoms with Gasteiger partial charge in [-0.3, -0.25) is 14.2 Å². The number of carbonyl (C=O) groups is 2. The molecule has 3 rings (SSSR count). The lowest BCUT2D eigenvalue weighted by Gasteiger charge is -2.35. The molecule has 1 aliphatic rings. The molecule has 0 aliphatic carbocycles. The Hall–Kier alpha value is -2.61. The fourth-order valence-electron chi connectivity index (χ4n) is 3.12. The van der Waals surface area contributed by atoms with Gasteiger partial charge in [0.1, 0.15) is 0 Å². The summed E-state index contributed by atoms with van der Waals surface area (Å²) in [5, 5.41) is 0. The Morgan fingerprint density at radius 2 is 1.88 bits per heavy atom. The lowest BCUT2D eigenvalue weighted by molar-refractivity contribution is -0.157. The summed E-state index contributed by atoms with van der Waals surface area (Å²) in [6.07, 6.45) is -0.105. The summed E-state index contributed by atoms with van der Waals surface area (Å²) in [7, 11) is 0. The number of fused-ring (bicyclic) bond motifs is 1. The van der Waals surface area contributed by atoms with E-state index in [4.69, 9.17) is 13.9 Å². The first-order valence-electron chi connectivity index (χ1n) is 8.61. The number of morpholine rings is 1. The van der Waals surface area contributed by atoms with Crippen molar-refractivity contribution in [3.05, 3.63) is 34.8 Å². The number of amides is 1. The van der Waals surface area contributed by atoms with E-state index < -0.39 is 11.7 Å². The molecule has 2 aromatic rings. The molecule has 8 nitrogen and oxygen atoms in total. The molecule has 0 bridgehead atoms. The van der Waals surface area contributed by atoms with Crippen LogP contribution in [0.4, 0.5) is 0 Å². The molecule has 0 spiro atoms. The van der Waals surface area contributed by atoms with Gasteiger partial charge in [-0.2, -0.15) is 0 Å². The Morgan fingerprint density at radius 3 is 2.62 bits per heavy atom. The van der Waals surface area contributed by atoms with Gasteiger partial charge in [0.05, 0.1) is 24.1 Å². The molecule has 0 N–H and O–H groups in total. The number of oxazole rings is 1. The van der Waals surface area contributed by atoms with E-state index >= 15 is 0 Å². The number of carbonyl (C=O) groups excluding carboxylic acids is 2. The predicted molar refractivity (Wildman–Crippen MR) is 92.6 cm³/mol. The fraction of sp³-hybridized carbons (Fsp3) is 0.500. The van der Waals surface area contributed by atoms with Crippen molar-refractivity contribution in [1.82, 2.24) is 9.47 Å². The maximum absolute atomic E-state index is 12.2. The quantitative estimate of drug-likeness (QED) is 0.742. The average molecular weight is 362 g/mol. The number of para-hydroxylation sites is 2. The largest absolute Gasteiger partial charge is 0.456 e. The zero-order chi connectivity index (χ0) is 18.7. The highest BCUT2D eigenvalue weighted by Gasteiger charge is 2.26. The smallest absolute Gasteiger partial charge is 0.419 e. The van der Waals surface area contributed by atoms with Crippen molar-refractivity contribution in [2.45, 2.75) is 39.0 Å². The Kier molecular flexibility index (Phi) is 5.41. The summed E-state index contributed by atoms with van der Waals surface area (Å²) in [4.78, 5) is 37.6. The first-order chi connectivity index (χ1) is 12.4. The molecule has 2 heterocycles. The molecule has 26 heavy (non-hydrogen) atoms. The van der Waals surface area contributed by atoms with Gasteiger partial charge < -0.3 is 18.8 Å². The predicted octanol–water partition coefficient (Wildman–Crippen LogP) is 1.16. The van der Waals surface area contributed by atoms with Crippen LogP contribution in [0.3, 0.4) is 0 Å². The second-order valence-electron chi connectivity index (χ2n) is 6.45. The van der Waals surface area contributed by atoms with E-state index in [-0.39, 0.29) is 37.7 Å². The SMILES string of the molecule is C[C@@H]1CN(C(=O)COC(=O)CCn2c(=O)oc3ccccc32)C[C@@H](C)O1. The second-order valence-corrected chi connectivity index (χ2v) is 6.45. The molecular weight excluding hydrogens is 340 g/mol. The lowest BCUT2D eigenvalue weighted by atomic mass is 10.2. The normalized spacial score (nSPS) is 20.3. The van der Waals surface area contributed by atoms with Gasteiger partial charge in [0.25, 0.3) is 5.91 Å². The van der Waals surface area contributed by atoms with Crippen molar-refractivity contribution in [3.8, 4) is 0 Å². The Morgan fingerprint density at radius 1 is 1.19 bits per heavy atom. The van der Waals surface area contributed by atoms with E-state index in [0.717, 1.165) is 0 Å². The zero-order valence-corrected chi connectivity index (χ0v) is 14.8. The Labute approximate surface area is 150 Å². The molecule has 2 atom stereocenters. The van der Waals surface area contributed by atoms with E-state index in [1.807, 2.05) is 13.8 Å². The van der Waals surface area contributed by atoms with Crippen molar-refractivity contribution in [1.29, 1.82) is 0 Å². The summed E-state index contributed by atoms with van der Waals surface area (Å²) in [5.41, 5.74) is 1.09. The Bertz CT molecular complexity index is 845. The van der Waals surface area contributed by atoms with Crippen LogP contribution in [0.15, 0.2) is 33.5 Å². The third-order valence-electron chi connectivity index (χ3n) is 4.24. The van der Waals surface area contributed by atoms with Crippen LogP contribution in [0.5, 0.6) is 0 Å². The van der Waals surface area contributed by atoms with Gasteiger partial charge in [-0.25, -0.2) is 4.79 Å². The van der Waals surface area contributed by atoms with Crippen LogP contribution >= 0.6 is 0 Å². The van der Waals surface area contributed by atoms with E-state index in [9.17, 15) is 14.4 Å². The molecule has 1 saturated heterocycles. The summed E-state index contributed by atoms with van der Waals surface area (Å²) in [6.45, 7) is 4.59. The number of nitrogens with zero attached hydrogens (tertiary/aromatic N) is 2. The van der Waals surface area contributed by atoms with Crippen LogP contribution < -0.4 is 5.76 Å². The number of hydrogen-bond donors (Lipinski definition) is 0. The van der Waals surface area contributed by atoms with Gasteiger partial charge in [0.2, 0.25) is 0 Å². The molecular formula is C18H22N2O6. The number of aromatic nitrogens is 1. The molecule has 0 unspecified atom stereocenters. The summed E-state index contributed by atoms with van der Waals surface area (Å²) in [6, 6.07) is 6.99. The van der Waals surface area contributed by atoms with Crippen LogP contribution in [0.1, 0.15) is 20.3 Å². The van der Waals surface area contributed by atoms with Crippen LogP contribution in [0, 0.1) is 0 Å². The number of ether oxygens (including phenoxy) is 2. The van der Waals surface area contributed by atoms with Gasteiger partial charge in [-0.05, 0) is 26.0 Å². The number of esters is 1. The van der Waals surface area contributed by atoms with Gasteiger partial charge in [0.15, 0.2) is 12.2 Å². The monoisotopic (exact) mass is 362 g/mol. The van der Waals surface area contributed by atoms with Gasteiger partial charge in [-0.15, -0.1) is 0 Å². The van der Waals surface area contributed by atoms with Gasteiger partial charge >= 0.3 is 11.7 Å². The number of benzene rings is 1. The standard InChI is InChI=1S/C18H22N2O6/c1-12-9-19(10-13(2)25-12)16(21)11-24-17(22)7-8-20-14-5-3-4-6-15(14)26-18(20)23/h3-6,12-13H,7-11H2,1-2H3/t12-,13-/m1/s1. The molecule has 140 valence electrons. The zero-order valence-electron chi connectivity index (χ0n) is 14.8. The molecule has 1 aromatic carbocycles. The van der Waals surface area contributed by atoms with E-state index in [0.29, 0.717) is 24.2 Å². The summed E-state index contributed by atoms with van der Waals surface area (Å²) >= 11 is 0. The number of rotatable bonds is 5.